The number of nitrogens with zero attached hydrogens (tertiary/aromatic N) is 2. The number of rotatable bonds is 7. The Hall–Kier alpha value is -2.94. The van der Waals surface area contributed by atoms with Gasteiger partial charge in [0.15, 0.2) is 5.13 Å². The van der Waals surface area contributed by atoms with E-state index in [4.69, 9.17) is 16.3 Å². The largest absolute Gasteiger partial charge is 0.488 e. The van der Waals surface area contributed by atoms with Crippen LogP contribution in [0, 0.1) is 6.92 Å². The summed E-state index contributed by atoms with van der Waals surface area (Å²) in [4.78, 5) is 31.0. The number of aromatic nitrogens is 2. The quantitative estimate of drug-likeness (QED) is 0.419. The van der Waals surface area contributed by atoms with Crippen LogP contribution in [0.4, 0.5) is 0 Å². The number of halogens is 1. The van der Waals surface area contributed by atoms with Crippen LogP contribution in [0.1, 0.15) is 25.8 Å². The van der Waals surface area contributed by atoms with Gasteiger partial charge in [-0.25, -0.2) is 4.98 Å². The van der Waals surface area contributed by atoms with Crippen LogP contribution in [0.2, 0.25) is 4.34 Å². The number of thiazole rings is 1. The first-order valence-electron chi connectivity index (χ1n) is 9.39. The van der Waals surface area contributed by atoms with Crippen molar-refractivity contribution in [1.82, 2.24) is 14.9 Å². The monoisotopic (exact) mass is 471 g/mol. The van der Waals surface area contributed by atoms with E-state index in [9.17, 15) is 9.59 Å². The molecule has 0 atom stereocenters. The minimum Gasteiger partial charge on any atom is -0.488 e. The third-order valence-corrected chi connectivity index (χ3v) is 6.75. The van der Waals surface area contributed by atoms with Crippen LogP contribution in [-0.4, -0.2) is 15.5 Å². The second-order valence-electron chi connectivity index (χ2n) is 6.64. The molecule has 4 aromatic rings. The number of benzene rings is 1. The molecule has 1 N–H and O–H groups in total. The van der Waals surface area contributed by atoms with Gasteiger partial charge in [-0.15, -0.1) is 11.3 Å². The molecule has 158 valence electrons. The third kappa shape index (κ3) is 5.22. The maximum absolute atomic E-state index is 12.6. The van der Waals surface area contributed by atoms with Crippen LogP contribution in [0.3, 0.4) is 0 Å². The van der Waals surface area contributed by atoms with E-state index < -0.39 is 0 Å². The number of carbonyl (C=O) groups excluding carboxylic acids is 1. The van der Waals surface area contributed by atoms with E-state index >= 15 is 0 Å². The molecule has 0 spiro atoms. The van der Waals surface area contributed by atoms with Crippen molar-refractivity contribution in [1.29, 1.82) is 0 Å². The Balaban J connectivity index is 1.45. The summed E-state index contributed by atoms with van der Waals surface area (Å²) < 4.78 is 7.77. The molecule has 0 saturated heterocycles. The molecule has 9 heteroatoms. The molecule has 0 aliphatic heterocycles. The molecule has 1 aromatic carbocycles. The van der Waals surface area contributed by atoms with E-state index in [0.29, 0.717) is 38.9 Å². The highest BCUT2D eigenvalue weighted by Gasteiger charge is 2.17. The predicted molar refractivity (Wildman–Crippen MR) is 124 cm³/mol. The fourth-order valence-electron chi connectivity index (χ4n) is 2.85. The van der Waals surface area contributed by atoms with Gasteiger partial charge in [0.05, 0.1) is 10.0 Å². The van der Waals surface area contributed by atoms with Crippen molar-refractivity contribution in [3.63, 3.8) is 0 Å². The SMILES string of the molecule is Cc1nc(-n2ccc(OCc3ccc(Cl)s3)cc2=O)sc1C(=O)NCc1ccccc1. The molecule has 0 bridgehead atoms. The van der Waals surface area contributed by atoms with Crippen LogP contribution < -0.4 is 15.6 Å². The molecule has 31 heavy (non-hydrogen) atoms. The van der Waals surface area contributed by atoms with Crippen molar-refractivity contribution in [3.05, 3.63) is 96.5 Å². The number of hydrogen-bond donors (Lipinski definition) is 1. The maximum atomic E-state index is 12.6. The molecule has 0 unspecified atom stereocenters. The second kappa shape index (κ2) is 9.47. The summed E-state index contributed by atoms with van der Waals surface area (Å²) in [5.41, 5.74) is 1.30. The highest BCUT2D eigenvalue weighted by molar-refractivity contribution is 7.16. The van der Waals surface area contributed by atoms with E-state index in [1.807, 2.05) is 36.4 Å². The van der Waals surface area contributed by atoms with E-state index in [1.54, 1.807) is 25.3 Å². The minimum atomic E-state index is -0.285. The van der Waals surface area contributed by atoms with Crippen LogP contribution >= 0.6 is 34.3 Å². The Bertz CT molecular complexity index is 1260. The molecule has 0 fully saturated rings. The van der Waals surface area contributed by atoms with Gasteiger partial charge in [0, 0.05) is 23.7 Å². The van der Waals surface area contributed by atoms with Crippen LogP contribution in [0.15, 0.2) is 65.6 Å². The summed E-state index contributed by atoms with van der Waals surface area (Å²) >= 11 is 8.53. The highest BCUT2D eigenvalue weighted by atomic mass is 35.5. The average Bonchev–Trinajstić information content (AvgIpc) is 3.36. The molecule has 0 aliphatic rings. The zero-order valence-corrected chi connectivity index (χ0v) is 18.9. The summed E-state index contributed by atoms with van der Waals surface area (Å²) in [5.74, 6) is 0.243. The van der Waals surface area contributed by atoms with Crippen molar-refractivity contribution >= 4 is 40.2 Å². The smallest absolute Gasteiger partial charge is 0.263 e. The molecule has 0 aliphatic carbocycles. The molecule has 3 aromatic heterocycles. The highest BCUT2D eigenvalue weighted by Crippen LogP contribution is 2.24. The van der Waals surface area contributed by atoms with E-state index in [0.717, 1.165) is 10.4 Å². The number of ether oxygens (including phenoxy) is 1. The maximum Gasteiger partial charge on any atom is 0.263 e. The lowest BCUT2D eigenvalue weighted by Crippen LogP contribution is -2.22. The zero-order chi connectivity index (χ0) is 21.8. The molecular formula is C22H18ClN3O3S2. The second-order valence-corrected chi connectivity index (χ2v) is 9.42. The Kier molecular flexibility index (Phi) is 6.50. The average molecular weight is 472 g/mol. The third-order valence-electron chi connectivity index (χ3n) is 4.39. The van der Waals surface area contributed by atoms with Gasteiger partial charge in [-0.05, 0) is 30.7 Å². The Labute approximate surface area is 191 Å². The van der Waals surface area contributed by atoms with Crippen molar-refractivity contribution in [3.8, 4) is 10.9 Å². The van der Waals surface area contributed by atoms with Gasteiger partial charge in [0.25, 0.3) is 11.5 Å². The normalized spacial score (nSPS) is 10.8. The van der Waals surface area contributed by atoms with E-state index in [1.165, 1.54) is 33.3 Å². The van der Waals surface area contributed by atoms with Gasteiger partial charge in [-0.1, -0.05) is 53.3 Å². The van der Waals surface area contributed by atoms with Crippen molar-refractivity contribution in [2.75, 3.05) is 0 Å². The molecule has 6 nitrogen and oxygen atoms in total. The van der Waals surface area contributed by atoms with Crippen molar-refractivity contribution < 1.29 is 9.53 Å². The number of aryl methyl sites for hydroxylation is 1. The van der Waals surface area contributed by atoms with Gasteiger partial charge >= 0.3 is 0 Å². The summed E-state index contributed by atoms with van der Waals surface area (Å²) in [7, 11) is 0. The number of hydrogen-bond acceptors (Lipinski definition) is 6. The molecule has 3 heterocycles. The Morgan fingerprint density at radius 2 is 1.97 bits per heavy atom. The summed E-state index contributed by atoms with van der Waals surface area (Å²) in [6, 6.07) is 16.5. The summed E-state index contributed by atoms with van der Waals surface area (Å²) in [6.07, 6.45) is 1.60. The molecule has 0 saturated carbocycles. The summed E-state index contributed by atoms with van der Waals surface area (Å²) in [6.45, 7) is 2.52. The van der Waals surface area contributed by atoms with Crippen LogP contribution in [0.25, 0.3) is 5.13 Å². The van der Waals surface area contributed by atoms with Crippen LogP contribution in [0.5, 0.6) is 5.75 Å². The first kappa shape index (κ1) is 21.3. The fraction of sp³-hybridized carbons (Fsp3) is 0.136. The fourth-order valence-corrected chi connectivity index (χ4v) is 4.82. The molecule has 0 radical (unpaired) electrons. The topological polar surface area (TPSA) is 73.2 Å². The number of carbonyl (C=O) groups is 1. The number of thiophene rings is 1. The number of amides is 1. The first-order chi connectivity index (χ1) is 15.0. The lowest BCUT2D eigenvalue weighted by atomic mass is 10.2. The Morgan fingerprint density at radius 3 is 2.68 bits per heavy atom. The molecular weight excluding hydrogens is 454 g/mol. The van der Waals surface area contributed by atoms with Crippen LogP contribution in [-0.2, 0) is 13.2 Å². The van der Waals surface area contributed by atoms with Gasteiger partial charge in [0.1, 0.15) is 17.2 Å². The summed E-state index contributed by atoms with van der Waals surface area (Å²) in [5, 5.41) is 3.33. The van der Waals surface area contributed by atoms with Crippen molar-refractivity contribution in [2.24, 2.45) is 0 Å². The number of pyridine rings is 1. The van der Waals surface area contributed by atoms with Gasteiger partial charge in [-0.3, -0.25) is 14.2 Å². The predicted octanol–water partition coefficient (Wildman–Crippen LogP) is 4.83. The zero-order valence-electron chi connectivity index (χ0n) is 16.5. The lowest BCUT2D eigenvalue weighted by Gasteiger charge is -2.06. The molecule has 1 amide bonds. The standard InChI is InChI=1S/C22H18ClN3O3S2/c1-14-20(21(28)24-12-15-5-3-2-4-6-15)31-22(25-14)26-10-9-16(11-19(26)27)29-13-17-7-8-18(23)30-17/h2-11H,12-13H2,1H3,(H,24,28). The molecule has 4 rings (SSSR count). The van der Waals surface area contributed by atoms with Gasteiger partial charge in [-0.2, -0.15) is 0 Å². The Morgan fingerprint density at radius 1 is 1.16 bits per heavy atom. The lowest BCUT2D eigenvalue weighted by molar-refractivity contribution is 0.0954. The van der Waals surface area contributed by atoms with Gasteiger partial charge < -0.3 is 10.1 Å². The number of nitrogens with one attached hydrogen (secondary N) is 1. The van der Waals surface area contributed by atoms with E-state index in [-0.39, 0.29) is 11.5 Å². The van der Waals surface area contributed by atoms with E-state index in [2.05, 4.69) is 10.3 Å². The van der Waals surface area contributed by atoms with Crippen molar-refractivity contribution in [2.45, 2.75) is 20.1 Å². The first-order valence-corrected chi connectivity index (χ1v) is 11.4. The minimum absolute atomic E-state index is 0.215. The van der Waals surface area contributed by atoms with Gasteiger partial charge in [0.2, 0.25) is 0 Å².